The van der Waals surface area contributed by atoms with E-state index in [1.807, 2.05) is 0 Å². The summed E-state index contributed by atoms with van der Waals surface area (Å²) in [5, 5.41) is 13.0. The number of ether oxygens (including phenoxy) is 1. The number of esters is 1. The minimum atomic E-state index is -1.02. The predicted molar refractivity (Wildman–Crippen MR) is 111 cm³/mol. The van der Waals surface area contributed by atoms with Gasteiger partial charge in [-0.25, -0.2) is 0 Å². The number of amides is 3. The molecular weight excluding hydrogens is 400 g/mol. The number of hydrogen-bond donors (Lipinski definition) is 2. The first-order chi connectivity index (χ1) is 14.7. The van der Waals surface area contributed by atoms with Crippen molar-refractivity contribution in [3.63, 3.8) is 0 Å². The van der Waals surface area contributed by atoms with E-state index >= 15 is 0 Å². The van der Waals surface area contributed by atoms with E-state index in [0.29, 0.717) is 11.3 Å². The van der Waals surface area contributed by atoms with E-state index in [4.69, 9.17) is 4.74 Å². The van der Waals surface area contributed by atoms with Gasteiger partial charge in [-0.05, 0) is 35.7 Å². The average molecular weight is 424 g/mol. The van der Waals surface area contributed by atoms with Crippen molar-refractivity contribution < 1.29 is 29.0 Å². The molecule has 1 aliphatic heterocycles. The molecule has 0 spiro atoms. The number of carbonyl (C=O) groups excluding carboxylic acids is 4. The Labute approximate surface area is 179 Å². The van der Waals surface area contributed by atoms with E-state index in [1.165, 1.54) is 19.1 Å². The summed E-state index contributed by atoms with van der Waals surface area (Å²) in [6.45, 7) is 4.67. The Bertz CT molecular complexity index is 980. The van der Waals surface area contributed by atoms with Crippen LogP contribution in [0.2, 0.25) is 0 Å². The van der Waals surface area contributed by atoms with E-state index in [2.05, 4.69) is 5.32 Å². The van der Waals surface area contributed by atoms with E-state index in [0.717, 1.165) is 4.90 Å². The lowest BCUT2D eigenvalue weighted by atomic mass is 10.0. The summed E-state index contributed by atoms with van der Waals surface area (Å²) < 4.78 is 4.95. The third-order valence-corrected chi connectivity index (χ3v) is 5.00. The molecule has 2 N–H and O–H groups in total. The molecule has 2 aromatic rings. The maximum absolute atomic E-state index is 12.9. The molecule has 0 radical (unpaired) electrons. The summed E-state index contributed by atoms with van der Waals surface area (Å²) in [5.74, 6) is -1.97. The molecule has 8 heteroatoms. The van der Waals surface area contributed by atoms with Crippen molar-refractivity contribution >= 4 is 23.7 Å². The van der Waals surface area contributed by atoms with Gasteiger partial charge in [0.15, 0.2) is 0 Å². The van der Waals surface area contributed by atoms with Crippen LogP contribution < -0.4 is 10.1 Å². The molecule has 1 aliphatic rings. The summed E-state index contributed by atoms with van der Waals surface area (Å²) in [4.78, 5) is 50.4. The lowest BCUT2D eigenvalue weighted by Gasteiger charge is -2.28. The maximum atomic E-state index is 12.9. The first kappa shape index (κ1) is 22.2. The summed E-state index contributed by atoms with van der Waals surface area (Å²) >= 11 is 0. The number of aliphatic hydroxyl groups is 1. The normalized spacial score (nSPS) is 14.9. The molecule has 3 amide bonds. The number of nitrogens with one attached hydrogen (secondary N) is 1. The Morgan fingerprint density at radius 2 is 1.55 bits per heavy atom. The number of rotatable bonds is 7. The smallest absolute Gasteiger partial charge is 0.308 e. The molecule has 31 heavy (non-hydrogen) atoms. The Kier molecular flexibility index (Phi) is 6.50. The molecule has 0 bridgehead atoms. The second kappa shape index (κ2) is 9.09. The molecule has 1 heterocycles. The fourth-order valence-electron chi connectivity index (χ4n) is 3.52. The van der Waals surface area contributed by atoms with E-state index < -0.39 is 35.8 Å². The van der Waals surface area contributed by atoms with Crippen LogP contribution in [-0.2, 0) is 9.59 Å². The van der Waals surface area contributed by atoms with Crippen LogP contribution in [0.25, 0.3) is 0 Å². The summed E-state index contributed by atoms with van der Waals surface area (Å²) in [6.07, 6.45) is -1.02. The van der Waals surface area contributed by atoms with Crippen molar-refractivity contribution in [1.82, 2.24) is 10.2 Å². The second-order valence-corrected chi connectivity index (χ2v) is 7.64. The molecule has 0 fully saturated rings. The van der Waals surface area contributed by atoms with Crippen LogP contribution in [-0.4, -0.2) is 46.3 Å². The minimum absolute atomic E-state index is 0.113. The van der Waals surface area contributed by atoms with Crippen molar-refractivity contribution in [2.75, 3.05) is 6.54 Å². The summed E-state index contributed by atoms with van der Waals surface area (Å²) in [5.41, 5.74) is 1.07. The quantitative estimate of drug-likeness (QED) is 0.400. The average Bonchev–Trinajstić information content (AvgIpc) is 2.97. The molecule has 2 aromatic carbocycles. The Hall–Kier alpha value is -3.52. The van der Waals surface area contributed by atoms with E-state index in [1.54, 1.807) is 50.2 Å². The van der Waals surface area contributed by atoms with Gasteiger partial charge < -0.3 is 15.2 Å². The summed E-state index contributed by atoms with van der Waals surface area (Å²) in [7, 11) is 0. The minimum Gasteiger partial charge on any atom is -0.427 e. The number of fused-ring (bicyclic) bond motifs is 1. The van der Waals surface area contributed by atoms with Gasteiger partial charge in [-0.1, -0.05) is 38.1 Å². The van der Waals surface area contributed by atoms with Gasteiger partial charge in [0.25, 0.3) is 11.8 Å². The van der Waals surface area contributed by atoms with Crippen molar-refractivity contribution in [2.24, 2.45) is 5.92 Å². The zero-order valence-corrected chi connectivity index (χ0v) is 17.5. The van der Waals surface area contributed by atoms with Crippen LogP contribution in [0.3, 0.4) is 0 Å². The van der Waals surface area contributed by atoms with Gasteiger partial charge in [0, 0.05) is 13.5 Å². The van der Waals surface area contributed by atoms with Crippen molar-refractivity contribution in [3.05, 3.63) is 65.2 Å². The number of aliphatic hydroxyl groups excluding tert-OH is 1. The second-order valence-electron chi connectivity index (χ2n) is 7.64. The highest BCUT2D eigenvalue weighted by Gasteiger charge is 2.43. The fraction of sp³-hybridized carbons (Fsp3) is 0.304. The van der Waals surface area contributed by atoms with Gasteiger partial charge >= 0.3 is 5.97 Å². The molecule has 0 saturated heterocycles. The molecule has 0 unspecified atom stereocenters. The van der Waals surface area contributed by atoms with Crippen LogP contribution in [0.5, 0.6) is 5.75 Å². The van der Waals surface area contributed by atoms with Gasteiger partial charge in [0.05, 0.1) is 17.2 Å². The number of nitrogens with zero attached hydrogens (tertiary/aromatic N) is 1. The Balaban J connectivity index is 1.68. The Morgan fingerprint density at radius 1 is 1.00 bits per heavy atom. The molecule has 162 valence electrons. The molecule has 0 saturated carbocycles. The highest BCUT2D eigenvalue weighted by Crippen LogP contribution is 2.27. The molecule has 3 rings (SSSR count). The lowest BCUT2D eigenvalue weighted by Crippen LogP contribution is -2.52. The van der Waals surface area contributed by atoms with Gasteiger partial charge in [0.2, 0.25) is 5.91 Å². The predicted octanol–water partition coefficient (Wildman–Crippen LogP) is 2.08. The van der Waals surface area contributed by atoms with Crippen LogP contribution in [0, 0.1) is 5.92 Å². The van der Waals surface area contributed by atoms with Crippen molar-refractivity contribution in [2.45, 2.75) is 32.9 Å². The first-order valence-corrected chi connectivity index (χ1v) is 9.91. The SMILES string of the molecule is CC(=O)Oc1ccc([C@@H](O)CNC(=O)[C@H](C(C)C)N2C(=O)c3ccccc3C2=O)cc1. The lowest BCUT2D eigenvalue weighted by molar-refractivity contribution is -0.132. The maximum Gasteiger partial charge on any atom is 0.308 e. The zero-order valence-electron chi connectivity index (χ0n) is 17.5. The van der Waals surface area contributed by atoms with Crippen molar-refractivity contribution in [3.8, 4) is 5.75 Å². The van der Waals surface area contributed by atoms with Crippen LogP contribution >= 0.6 is 0 Å². The monoisotopic (exact) mass is 424 g/mol. The van der Waals surface area contributed by atoms with Crippen LogP contribution in [0.4, 0.5) is 0 Å². The van der Waals surface area contributed by atoms with E-state index in [9.17, 15) is 24.3 Å². The van der Waals surface area contributed by atoms with Gasteiger partial charge in [0.1, 0.15) is 11.8 Å². The molecular formula is C23H24N2O6. The fourth-order valence-corrected chi connectivity index (χ4v) is 3.52. The van der Waals surface area contributed by atoms with Crippen molar-refractivity contribution in [1.29, 1.82) is 0 Å². The topological polar surface area (TPSA) is 113 Å². The zero-order chi connectivity index (χ0) is 22.7. The van der Waals surface area contributed by atoms with Gasteiger partial charge in [-0.2, -0.15) is 0 Å². The van der Waals surface area contributed by atoms with Crippen LogP contribution in [0.1, 0.15) is 53.2 Å². The number of imide groups is 1. The Morgan fingerprint density at radius 3 is 2.03 bits per heavy atom. The molecule has 0 aliphatic carbocycles. The molecule has 0 aromatic heterocycles. The van der Waals surface area contributed by atoms with Gasteiger partial charge in [-0.3, -0.25) is 24.1 Å². The number of benzene rings is 2. The number of carbonyl (C=O) groups is 4. The highest BCUT2D eigenvalue weighted by atomic mass is 16.5. The molecule has 2 atom stereocenters. The number of hydrogen-bond acceptors (Lipinski definition) is 6. The van der Waals surface area contributed by atoms with E-state index in [-0.39, 0.29) is 23.6 Å². The first-order valence-electron chi connectivity index (χ1n) is 9.91. The summed E-state index contributed by atoms with van der Waals surface area (Å²) in [6, 6.07) is 11.7. The largest absolute Gasteiger partial charge is 0.427 e. The molecule has 8 nitrogen and oxygen atoms in total. The third-order valence-electron chi connectivity index (χ3n) is 5.00. The highest BCUT2D eigenvalue weighted by molar-refractivity contribution is 6.22. The van der Waals surface area contributed by atoms with Crippen LogP contribution in [0.15, 0.2) is 48.5 Å². The third kappa shape index (κ3) is 4.64. The van der Waals surface area contributed by atoms with Gasteiger partial charge in [-0.15, -0.1) is 0 Å². The standard InChI is InChI=1S/C23H24N2O6/c1-13(2)20(25-22(29)17-6-4-5-7-18(17)23(25)30)21(28)24-12-19(27)15-8-10-16(11-9-15)31-14(3)26/h4-11,13,19-20,27H,12H2,1-3H3,(H,24,28)/t19-,20-/m0/s1.